The third kappa shape index (κ3) is 2.95. The van der Waals surface area contributed by atoms with Gasteiger partial charge in [-0.15, -0.1) is 0 Å². The second kappa shape index (κ2) is 6.85. The molecule has 4 heteroatoms. The minimum absolute atomic E-state index is 0.302. The maximum atomic E-state index is 12.5. The van der Waals surface area contributed by atoms with Crippen molar-refractivity contribution in [1.82, 2.24) is 9.88 Å². The number of nitrogens with zero attached hydrogens (tertiary/aromatic N) is 1. The molecule has 2 N–H and O–H groups in total. The van der Waals surface area contributed by atoms with Crippen LogP contribution in [-0.4, -0.2) is 47.3 Å². The first-order chi connectivity index (χ1) is 15.0. The highest BCUT2D eigenvalue weighted by Crippen LogP contribution is 2.52. The van der Waals surface area contributed by atoms with E-state index in [2.05, 4.69) is 53.2 Å². The number of benzene rings is 2. The number of aromatic amines is 1. The SMILES string of the molecule is COc1cccc(C23CCN(CC4CC4)CC2(O)Cc2c([nH]c4c(C)cccc24)C3)c1. The predicted octanol–water partition coefficient (Wildman–Crippen LogP) is 4.37. The molecule has 0 amide bonds. The van der Waals surface area contributed by atoms with Crippen LogP contribution in [0, 0.1) is 12.8 Å². The number of H-pyrrole nitrogens is 1. The average Bonchev–Trinajstić information content (AvgIpc) is 3.52. The summed E-state index contributed by atoms with van der Waals surface area (Å²) in [7, 11) is 1.72. The van der Waals surface area contributed by atoms with Crippen molar-refractivity contribution in [3.63, 3.8) is 0 Å². The Bertz CT molecular complexity index is 1150. The Morgan fingerprint density at radius 1 is 1.16 bits per heavy atom. The van der Waals surface area contributed by atoms with Gasteiger partial charge in [0.05, 0.1) is 12.7 Å². The van der Waals surface area contributed by atoms with Crippen molar-refractivity contribution in [1.29, 1.82) is 0 Å². The number of rotatable bonds is 4. The highest BCUT2D eigenvalue weighted by Gasteiger charge is 2.57. The molecule has 3 aliphatic rings. The quantitative estimate of drug-likeness (QED) is 0.664. The van der Waals surface area contributed by atoms with E-state index in [1.165, 1.54) is 46.1 Å². The molecule has 162 valence electrons. The molecule has 31 heavy (non-hydrogen) atoms. The highest BCUT2D eigenvalue weighted by molar-refractivity contribution is 5.88. The first-order valence-corrected chi connectivity index (χ1v) is 11.7. The minimum Gasteiger partial charge on any atom is -0.497 e. The molecule has 2 unspecified atom stereocenters. The van der Waals surface area contributed by atoms with Crippen molar-refractivity contribution in [2.75, 3.05) is 26.7 Å². The largest absolute Gasteiger partial charge is 0.497 e. The standard InChI is InChI=1S/C27H32N2O2/c1-18-5-3-8-22-23-14-27(30)17-29(16-19-9-10-19)12-11-26(27,15-24(23)28-25(18)22)20-6-4-7-21(13-20)31-2/h3-8,13,19,28,30H,9-12,14-17H2,1-2H3. The number of likely N-dealkylation sites (tertiary alicyclic amines) is 1. The van der Waals surface area contributed by atoms with Gasteiger partial charge < -0.3 is 19.7 Å². The van der Waals surface area contributed by atoms with Gasteiger partial charge in [0.15, 0.2) is 0 Å². The fraction of sp³-hybridized carbons (Fsp3) is 0.481. The van der Waals surface area contributed by atoms with Crippen molar-refractivity contribution in [3.8, 4) is 5.75 Å². The summed E-state index contributed by atoms with van der Waals surface area (Å²) in [4.78, 5) is 6.28. The molecule has 2 aliphatic carbocycles. The lowest BCUT2D eigenvalue weighted by Crippen LogP contribution is -2.66. The molecular weight excluding hydrogens is 384 g/mol. The van der Waals surface area contributed by atoms with Crippen LogP contribution in [0.25, 0.3) is 10.9 Å². The Morgan fingerprint density at radius 2 is 2.00 bits per heavy atom. The monoisotopic (exact) mass is 416 g/mol. The van der Waals surface area contributed by atoms with E-state index in [4.69, 9.17) is 4.74 Å². The molecule has 2 fully saturated rings. The topological polar surface area (TPSA) is 48.5 Å². The average molecular weight is 417 g/mol. The Kier molecular flexibility index (Phi) is 4.28. The van der Waals surface area contributed by atoms with E-state index in [1.807, 2.05) is 6.07 Å². The van der Waals surface area contributed by atoms with Gasteiger partial charge in [-0.05, 0) is 67.5 Å². The number of nitrogens with one attached hydrogen (secondary N) is 1. The zero-order valence-corrected chi connectivity index (χ0v) is 18.6. The number of aromatic nitrogens is 1. The minimum atomic E-state index is -0.793. The van der Waals surface area contributed by atoms with Gasteiger partial charge >= 0.3 is 0 Å². The van der Waals surface area contributed by atoms with Gasteiger partial charge in [0, 0.05) is 47.9 Å². The van der Waals surface area contributed by atoms with Crippen LogP contribution >= 0.6 is 0 Å². The number of piperidine rings is 1. The second-order valence-electron chi connectivity index (χ2n) is 10.2. The third-order valence-corrected chi connectivity index (χ3v) is 8.25. The molecule has 1 aromatic heterocycles. The molecule has 0 radical (unpaired) electrons. The van der Waals surface area contributed by atoms with Crippen molar-refractivity contribution in [2.45, 2.75) is 50.0 Å². The van der Waals surface area contributed by atoms with Crippen LogP contribution in [0.5, 0.6) is 5.75 Å². The Morgan fingerprint density at radius 3 is 2.81 bits per heavy atom. The van der Waals surface area contributed by atoms with Gasteiger partial charge in [-0.2, -0.15) is 0 Å². The first-order valence-electron chi connectivity index (χ1n) is 11.7. The summed E-state index contributed by atoms with van der Waals surface area (Å²) in [5.41, 5.74) is 5.22. The Hall–Kier alpha value is -2.30. The molecule has 1 aliphatic heterocycles. The van der Waals surface area contributed by atoms with Crippen LogP contribution in [0.2, 0.25) is 0 Å². The first kappa shape index (κ1) is 19.4. The fourth-order valence-electron chi connectivity index (χ4n) is 6.34. The third-order valence-electron chi connectivity index (χ3n) is 8.25. The molecule has 0 spiro atoms. The molecule has 2 atom stereocenters. The summed E-state index contributed by atoms with van der Waals surface area (Å²) >= 11 is 0. The molecule has 1 saturated heterocycles. The van der Waals surface area contributed by atoms with E-state index in [-0.39, 0.29) is 5.41 Å². The summed E-state index contributed by atoms with van der Waals surface area (Å²) in [5, 5.41) is 13.7. The van der Waals surface area contributed by atoms with E-state index in [0.29, 0.717) is 6.42 Å². The second-order valence-corrected chi connectivity index (χ2v) is 10.2. The van der Waals surface area contributed by atoms with Crippen LogP contribution in [0.15, 0.2) is 42.5 Å². The van der Waals surface area contributed by atoms with Crippen molar-refractivity contribution >= 4 is 10.9 Å². The number of β-amino-alcohol motifs (C(OH)–C–C–N with tert-alkyl or cyclic N) is 1. The lowest BCUT2D eigenvalue weighted by molar-refractivity contribution is -0.103. The predicted molar refractivity (Wildman–Crippen MR) is 124 cm³/mol. The van der Waals surface area contributed by atoms with Crippen LogP contribution in [0.4, 0.5) is 0 Å². The maximum Gasteiger partial charge on any atom is 0.119 e. The van der Waals surface area contributed by atoms with Crippen molar-refractivity contribution in [2.24, 2.45) is 5.92 Å². The number of methoxy groups -OCH3 is 1. The Balaban J connectivity index is 1.50. The molecule has 3 aromatic rings. The van der Waals surface area contributed by atoms with Gasteiger partial charge in [-0.3, -0.25) is 0 Å². The summed E-state index contributed by atoms with van der Waals surface area (Å²) < 4.78 is 5.57. The fourth-order valence-corrected chi connectivity index (χ4v) is 6.34. The number of ether oxygens (including phenoxy) is 1. The van der Waals surface area contributed by atoms with Gasteiger partial charge in [-0.1, -0.05) is 30.3 Å². The van der Waals surface area contributed by atoms with Crippen LogP contribution in [0.3, 0.4) is 0 Å². The van der Waals surface area contributed by atoms with Crippen molar-refractivity contribution in [3.05, 3.63) is 64.8 Å². The normalized spacial score (nSPS) is 28.4. The number of hydrogen-bond acceptors (Lipinski definition) is 3. The zero-order valence-electron chi connectivity index (χ0n) is 18.6. The summed E-state index contributed by atoms with van der Waals surface area (Å²) in [6, 6.07) is 14.9. The molecule has 4 nitrogen and oxygen atoms in total. The van der Waals surface area contributed by atoms with Crippen LogP contribution < -0.4 is 4.74 Å². The van der Waals surface area contributed by atoms with Gasteiger partial charge in [0.25, 0.3) is 0 Å². The summed E-state index contributed by atoms with van der Waals surface area (Å²) in [5.74, 6) is 1.70. The molecule has 2 aromatic carbocycles. The number of hydrogen-bond donors (Lipinski definition) is 2. The van der Waals surface area contributed by atoms with Crippen LogP contribution in [0.1, 0.15) is 41.6 Å². The van der Waals surface area contributed by atoms with Gasteiger partial charge in [0.2, 0.25) is 0 Å². The van der Waals surface area contributed by atoms with Gasteiger partial charge in [-0.25, -0.2) is 0 Å². The number of para-hydroxylation sites is 1. The molecular formula is C27H32N2O2. The van der Waals surface area contributed by atoms with Gasteiger partial charge in [0.1, 0.15) is 5.75 Å². The van der Waals surface area contributed by atoms with E-state index in [0.717, 1.165) is 44.1 Å². The molecule has 0 bridgehead atoms. The Labute approximate surface area is 184 Å². The molecule has 1 saturated carbocycles. The molecule has 2 heterocycles. The van der Waals surface area contributed by atoms with E-state index in [1.54, 1.807) is 7.11 Å². The van der Waals surface area contributed by atoms with Crippen molar-refractivity contribution < 1.29 is 9.84 Å². The van der Waals surface area contributed by atoms with Crippen LogP contribution in [-0.2, 0) is 18.3 Å². The zero-order chi connectivity index (χ0) is 21.2. The lowest BCUT2D eigenvalue weighted by atomic mass is 9.56. The lowest BCUT2D eigenvalue weighted by Gasteiger charge is -2.56. The van der Waals surface area contributed by atoms with E-state index >= 15 is 0 Å². The highest BCUT2D eigenvalue weighted by atomic mass is 16.5. The number of aliphatic hydroxyl groups is 1. The van der Waals surface area contributed by atoms with E-state index in [9.17, 15) is 5.11 Å². The van der Waals surface area contributed by atoms with E-state index < -0.39 is 5.60 Å². The maximum absolute atomic E-state index is 12.5. The molecule has 6 rings (SSSR count). The summed E-state index contributed by atoms with van der Waals surface area (Å²) in [6.07, 6.45) is 5.21. The summed E-state index contributed by atoms with van der Waals surface area (Å²) in [6.45, 7) is 5.10. The number of fused-ring (bicyclic) bond motifs is 4. The number of aryl methyl sites for hydroxylation is 1. The smallest absolute Gasteiger partial charge is 0.119 e.